The van der Waals surface area contributed by atoms with Crippen LogP contribution in [0.2, 0.25) is 0 Å². The number of aliphatic hydroxyl groups excluding tert-OH is 1. The van der Waals surface area contributed by atoms with Crippen molar-refractivity contribution in [3.8, 4) is 0 Å². The third-order valence-electron chi connectivity index (χ3n) is 2.70. The number of fused-ring (bicyclic) bond motifs is 1. The lowest BCUT2D eigenvalue weighted by Gasteiger charge is -2.12. The van der Waals surface area contributed by atoms with Crippen molar-refractivity contribution in [3.05, 3.63) is 48.0 Å². The van der Waals surface area contributed by atoms with E-state index in [0.29, 0.717) is 0 Å². The second-order valence-corrected chi connectivity index (χ2v) is 4.06. The first-order chi connectivity index (χ1) is 8.16. The number of amides is 1. The lowest BCUT2D eigenvalue weighted by molar-refractivity contribution is -0.119. The highest BCUT2D eigenvalue weighted by molar-refractivity contribution is 5.83. The fraction of sp³-hybridized carbons (Fsp3) is 0.214. The van der Waals surface area contributed by atoms with E-state index in [-0.39, 0.29) is 12.5 Å². The Bertz CT molecular complexity index is 536. The van der Waals surface area contributed by atoms with E-state index in [9.17, 15) is 9.90 Å². The van der Waals surface area contributed by atoms with Crippen molar-refractivity contribution in [3.63, 3.8) is 0 Å². The van der Waals surface area contributed by atoms with Gasteiger partial charge < -0.3 is 10.4 Å². The summed E-state index contributed by atoms with van der Waals surface area (Å²) >= 11 is 0. The number of carbonyl (C=O) groups is 1. The maximum Gasteiger partial charge on any atom is 0.216 e. The molecule has 2 aromatic rings. The molecular weight excluding hydrogens is 214 g/mol. The van der Waals surface area contributed by atoms with Crippen molar-refractivity contribution in [2.45, 2.75) is 13.0 Å². The lowest BCUT2D eigenvalue weighted by atomic mass is 10.0. The number of rotatable bonds is 3. The Hall–Kier alpha value is -1.87. The SMILES string of the molecule is CC(=O)NCC(O)c1ccc2ccccc2c1. The highest BCUT2D eigenvalue weighted by Gasteiger charge is 2.08. The summed E-state index contributed by atoms with van der Waals surface area (Å²) in [5, 5.41) is 14.7. The van der Waals surface area contributed by atoms with Crippen molar-refractivity contribution >= 4 is 16.7 Å². The van der Waals surface area contributed by atoms with Gasteiger partial charge in [0.05, 0.1) is 6.10 Å². The largest absolute Gasteiger partial charge is 0.387 e. The predicted octanol–water partition coefficient (Wildman–Crippen LogP) is 2.01. The van der Waals surface area contributed by atoms with Gasteiger partial charge in [-0.2, -0.15) is 0 Å². The first kappa shape index (κ1) is 11.6. The number of aliphatic hydroxyl groups is 1. The molecule has 0 radical (unpaired) electrons. The zero-order valence-corrected chi connectivity index (χ0v) is 9.68. The van der Waals surface area contributed by atoms with Gasteiger partial charge in [0.2, 0.25) is 5.91 Å². The Balaban J connectivity index is 2.20. The first-order valence-electron chi connectivity index (χ1n) is 5.58. The van der Waals surface area contributed by atoms with Gasteiger partial charge in [0.25, 0.3) is 0 Å². The maximum atomic E-state index is 10.8. The molecule has 3 heteroatoms. The molecule has 2 N–H and O–H groups in total. The number of nitrogens with one attached hydrogen (secondary N) is 1. The maximum absolute atomic E-state index is 10.8. The normalized spacial score (nSPS) is 12.4. The molecule has 1 amide bonds. The third-order valence-corrected chi connectivity index (χ3v) is 2.70. The van der Waals surface area contributed by atoms with E-state index in [1.165, 1.54) is 6.92 Å². The molecule has 0 aliphatic heterocycles. The Morgan fingerprint density at radius 2 is 1.94 bits per heavy atom. The fourth-order valence-electron chi connectivity index (χ4n) is 1.77. The molecule has 0 fully saturated rings. The first-order valence-corrected chi connectivity index (χ1v) is 5.58. The van der Waals surface area contributed by atoms with Crippen LogP contribution in [0.15, 0.2) is 42.5 Å². The molecule has 0 heterocycles. The molecular formula is C14H15NO2. The van der Waals surface area contributed by atoms with E-state index >= 15 is 0 Å². The topological polar surface area (TPSA) is 49.3 Å². The van der Waals surface area contributed by atoms with E-state index in [2.05, 4.69) is 5.32 Å². The van der Waals surface area contributed by atoms with Crippen LogP contribution in [0.25, 0.3) is 10.8 Å². The monoisotopic (exact) mass is 229 g/mol. The van der Waals surface area contributed by atoms with Gasteiger partial charge in [0.15, 0.2) is 0 Å². The van der Waals surface area contributed by atoms with E-state index < -0.39 is 6.10 Å². The summed E-state index contributed by atoms with van der Waals surface area (Å²) < 4.78 is 0. The Morgan fingerprint density at radius 1 is 1.24 bits per heavy atom. The van der Waals surface area contributed by atoms with Gasteiger partial charge in [-0.05, 0) is 22.4 Å². The number of carbonyl (C=O) groups excluding carboxylic acids is 1. The van der Waals surface area contributed by atoms with Gasteiger partial charge in [0.1, 0.15) is 0 Å². The van der Waals surface area contributed by atoms with Crippen molar-refractivity contribution in [2.24, 2.45) is 0 Å². The summed E-state index contributed by atoms with van der Waals surface area (Å²) in [7, 11) is 0. The molecule has 0 saturated carbocycles. The molecule has 3 nitrogen and oxygen atoms in total. The zero-order chi connectivity index (χ0) is 12.3. The van der Waals surface area contributed by atoms with Crippen LogP contribution in [0.4, 0.5) is 0 Å². The molecule has 0 saturated heterocycles. The van der Waals surface area contributed by atoms with Gasteiger partial charge >= 0.3 is 0 Å². The molecule has 17 heavy (non-hydrogen) atoms. The molecule has 2 aromatic carbocycles. The molecule has 0 spiro atoms. The zero-order valence-electron chi connectivity index (χ0n) is 9.68. The van der Waals surface area contributed by atoms with Crippen molar-refractivity contribution < 1.29 is 9.90 Å². The summed E-state index contributed by atoms with van der Waals surface area (Å²) in [6.07, 6.45) is -0.663. The fourth-order valence-corrected chi connectivity index (χ4v) is 1.77. The summed E-state index contributed by atoms with van der Waals surface area (Å²) in [4.78, 5) is 10.8. The van der Waals surface area contributed by atoms with Crippen molar-refractivity contribution in [1.82, 2.24) is 5.32 Å². The Kier molecular flexibility index (Phi) is 3.40. The average Bonchev–Trinajstić information content (AvgIpc) is 2.35. The van der Waals surface area contributed by atoms with Gasteiger partial charge in [-0.1, -0.05) is 36.4 Å². The lowest BCUT2D eigenvalue weighted by Crippen LogP contribution is -2.25. The molecule has 1 atom stereocenters. The molecule has 0 aromatic heterocycles. The molecule has 0 aliphatic rings. The second-order valence-electron chi connectivity index (χ2n) is 4.06. The van der Waals surface area contributed by atoms with Gasteiger partial charge in [0, 0.05) is 13.5 Å². The quantitative estimate of drug-likeness (QED) is 0.845. The molecule has 2 rings (SSSR count). The van der Waals surface area contributed by atoms with Crippen LogP contribution >= 0.6 is 0 Å². The van der Waals surface area contributed by atoms with E-state index in [0.717, 1.165) is 16.3 Å². The van der Waals surface area contributed by atoms with Crippen LogP contribution in [0.3, 0.4) is 0 Å². The third kappa shape index (κ3) is 2.82. The second kappa shape index (κ2) is 4.97. The number of hydrogen-bond acceptors (Lipinski definition) is 2. The van der Waals surface area contributed by atoms with Crippen LogP contribution in [0, 0.1) is 0 Å². The summed E-state index contributed by atoms with van der Waals surface area (Å²) in [6.45, 7) is 1.68. The van der Waals surface area contributed by atoms with Crippen LogP contribution in [0.1, 0.15) is 18.6 Å². The van der Waals surface area contributed by atoms with E-state index in [1.54, 1.807) is 0 Å². The van der Waals surface area contributed by atoms with Gasteiger partial charge in [-0.15, -0.1) is 0 Å². The minimum Gasteiger partial charge on any atom is -0.387 e. The average molecular weight is 229 g/mol. The van der Waals surface area contributed by atoms with E-state index in [4.69, 9.17) is 0 Å². The van der Waals surface area contributed by atoms with Gasteiger partial charge in [-0.3, -0.25) is 4.79 Å². The summed E-state index contributed by atoms with van der Waals surface area (Å²) in [5.41, 5.74) is 0.817. The molecule has 1 unspecified atom stereocenters. The molecule has 0 bridgehead atoms. The smallest absolute Gasteiger partial charge is 0.216 e. The Labute approximate surface area is 100 Å². The van der Waals surface area contributed by atoms with Crippen LogP contribution in [-0.2, 0) is 4.79 Å². The molecule has 88 valence electrons. The van der Waals surface area contributed by atoms with Crippen molar-refractivity contribution in [2.75, 3.05) is 6.54 Å². The van der Waals surface area contributed by atoms with Gasteiger partial charge in [-0.25, -0.2) is 0 Å². The van der Waals surface area contributed by atoms with Crippen LogP contribution < -0.4 is 5.32 Å². The van der Waals surface area contributed by atoms with Crippen LogP contribution in [0.5, 0.6) is 0 Å². The van der Waals surface area contributed by atoms with Crippen molar-refractivity contribution in [1.29, 1.82) is 0 Å². The number of benzene rings is 2. The van der Waals surface area contributed by atoms with Crippen LogP contribution in [-0.4, -0.2) is 17.6 Å². The summed E-state index contributed by atoms with van der Waals surface area (Å²) in [5.74, 6) is -0.134. The predicted molar refractivity (Wildman–Crippen MR) is 67.6 cm³/mol. The Morgan fingerprint density at radius 3 is 2.65 bits per heavy atom. The summed E-state index contributed by atoms with van der Waals surface area (Å²) in [6, 6.07) is 13.8. The minimum atomic E-state index is -0.663. The highest BCUT2D eigenvalue weighted by atomic mass is 16.3. The minimum absolute atomic E-state index is 0.134. The highest BCUT2D eigenvalue weighted by Crippen LogP contribution is 2.19. The number of hydrogen-bond donors (Lipinski definition) is 2. The standard InChI is InChI=1S/C14H15NO2/c1-10(16)15-9-14(17)13-7-6-11-4-2-3-5-12(11)8-13/h2-8,14,17H,9H2,1H3,(H,15,16). The van der Waals surface area contributed by atoms with E-state index in [1.807, 2.05) is 42.5 Å². The molecule has 0 aliphatic carbocycles.